The van der Waals surface area contributed by atoms with Gasteiger partial charge in [0.25, 0.3) is 0 Å². The van der Waals surface area contributed by atoms with Gasteiger partial charge in [-0.3, -0.25) is 9.69 Å². The van der Waals surface area contributed by atoms with Crippen molar-refractivity contribution in [1.82, 2.24) is 4.90 Å². The third kappa shape index (κ3) is 4.01. The van der Waals surface area contributed by atoms with E-state index in [1.165, 1.54) is 18.2 Å². The molecule has 1 atom stereocenters. The molecule has 4 rings (SSSR count). The lowest BCUT2D eigenvalue weighted by Gasteiger charge is -2.31. The zero-order valence-corrected chi connectivity index (χ0v) is 15.0. The van der Waals surface area contributed by atoms with Gasteiger partial charge in [-0.1, -0.05) is 12.1 Å². The fourth-order valence-corrected chi connectivity index (χ4v) is 4.06. The van der Waals surface area contributed by atoms with E-state index in [4.69, 9.17) is 4.74 Å². The molecule has 2 saturated heterocycles. The molecule has 0 saturated carbocycles. The number of hydrogen-bond acceptors (Lipinski definition) is 3. The number of hydrogen-bond donors (Lipinski definition) is 0. The predicted molar refractivity (Wildman–Crippen MR) is 98.3 cm³/mol. The van der Waals surface area contributed by atoms with E-state index >= 15 is 0 Å². The van der Waals surface area contributed by atoms with Crippen LogP contribution in [0.5, 0.6) is 0 Å². The van der Waals surface area contributed by atoms with Crippen molar-refractivity contribution >= 4 is 11.6 Å². The lowest BCUT2D eigenvalue weighted by atomic mass is 9.87. The van der Waals surface area contributed by atoms with Crippen molar-refractivity contribution in [2.24, 2.45) is 5.41 Å². The van der Waals surface area contributed by atoms with Crippen molar-refractivity contribution in [2.45, 2.75) is 13.0 Å². The van der Waals surface area contributed by atoms with Gasteiger partial charge in [0.05, 0.1) is 13.2 Å². The average Bonchev–Trinajstić information content (AvgIpc) is 2.82. The molecule has 4 nitrogen and oxygen atoms in total. The van der Waals surface area contributed by atoms with Crippen molar-refractivity contribution in [3.05, 3.63) is 65.7 Å². The Morgan fingerprint density at radius 2 is 1.85 bits per heavy atom. The molecule has 142 valence electrons. The van der Waals surface area contributed by atoms with E-state index in [9.17, 15) is 13.6 Å². The minimum atomic E-state index is -0.320. The second-order valence-corrected chi connectivity index (χ2v) is 7.53. The summed E-state index contributed by atoms with van der Waals surface area (Å²) < 4.78 is 32.5. The van der Waals surface area contributed by atoms with Crippen molar-refractivity contribution in [3.63, 3.8) is 0 Å². The zero-order chi connectivity index (χ0) is 18.9. The summed E-state index contributed by atoms with van der Waals surface area (Å²) >= 11 is 0. The molecule has 0 aromatic heterocycles. The number of rotatable bonds is 3. The monoisotopic (exact) mass is 372 g/mol. The Kier molecular flexibility index (Phi) is 4.93. The number of amides is 1. The molecule has 1 spiro atoms. The molecule has 2 heterocycles. The molecule has 0 radical (unpaired) electrons. The van der Waals surface area contributed by atoms with Gasteiger partial charge in [0.15, 0.2) is 0 Å². The largest absolute Gasteiger partial charge is 0.379 e. The van der Waals surface area contributed by atoms with Crippen LogP contribution in [-0.4, -0.2) is 43.7 Å². The van der Waals surface area contributed by atoms with E-state index < -0.39 is 0 Å². The van der Waals surface area contributed by atoms with Gasteiger partial charge in [-0.2, -0.15) is 0 Å². The molecule has 2 aromatic rings. The molecular formula is C21H22F2N2O2. The number of ether oxygens (including phenoxy) is 1. The lowest BCUT2D eigenvalue weighted by molar-refractivity contribution is -0.118. The van der Waals surface area contributed by atoms with E-state index in [1.54, 1.807) is 29.2 Å². The first-order valence-electron chi connectivity index (χ1n) is 9.14. The van der Waals surface area contributed by atoms with Gasteiger partial charge in [0.2, 0.25) is 5.91 Å². The van der Waals surface area contributed by atoms with Crippen molar-refractivity contribution in [3.8, 4) is 0 Å². The minimum absolute atomic E-state index is 0.0258. The fourth-order valence-electron chi connectivity index (χ4n) is 4.06. The van der Waals surface area contributed by atoms with Crippen LogP contribution in [0, 0.1) is 17.0 Å². The third-order valence-electron chi connectivity index (χ3n) is 5.27. The van der Waals surface area contributed by atoms with Crippen LogP contribution in [0.1, 0.15) is 12.0 Å². The Labute approximate surface area is 157 Å². The molecular weight excluding hydrogens is 350 g/mol. The first-order chi connectivity index (χ1) is 13.0. The second kappa shape index (κ2) is 7.37. The van der Waals surface area contributed by atoms with Gasteiger partial charge in [0.1, 0.15) is 11.6 Å². The normalized spacial score (nSPS) is 23.8. The van der Waals surface area contributed by atoms with Crippen molar-refractivity contribution < 1.29 is 18.3 Å². The Morgan fingerprint density at radius 1 is 1.04 bits per heavy atom. The van der Waals surface area contributed by atoms with Crippen LogP contribution in [0.25, 0.3) is 0 Å². The van der Waals surface area contributed by atoms with Crippen LogP contribution >= 0.6 is 0 Å². The highest BCUT2D eigenvalue weighted by atomic mass is 19.1. The van der Waals surface area contributed by atoms with Crippen LogP contribution in [0.2, 0.25) is 0 Å². The summed E-state index contributed by atoms with van der Waals surface area (Å²) in [5.41, 5.74) is 1.31. The molecule has 2 aliphatic heterocycles. The molecule has 0 unspecified atom stereocenters. The smallest absolute Gasteiger partial charge is 0.227 e. The van der Waals surface area contributed by atoms with Gasteiger partial charge in [-0.25, -0.2) is 8.78 Å². The molecule has 2 aromatic carbocycles. The quantitative estimate of drug-likeness (QED) is 0.829. The maximum absolute atomic E-state index is 13.5. The first kappa shape index (κ1) is 18.1. The Hall–Kier alpha value is -2.31. The Balaban J connectivity index is 1.51. The molecule has 0 aliphatic carbocycles. The number of anilines is 1. The molecule has 1 amide bonds. The summed E-state index contributed by atoms with van der Waals surface area (Å²) in [5, 5.41) is 0. The number of benzene rings is 2. The van der Waals surface area contributed by atoms with Crippen LogP contribution in [0.3, 0.4) is 0 Å². The fraction of sp³-hybridized carbons (Fsp3) is 0.381. The highest BCUT2D eigenvalue weighted by molar-refractivity contribution is 5.96. The van der Waals surface area contributed by atoms with Gasteiger partial charge < -0.3 is 9.64 Å². The predicted octanol–water partition coefficient (Wildman–Crippen LogP) is 3.22. The van der Waals surface area contributed by atoms with E-state index in [-0.39, 0.29) is 23.0 Å². The SMILES string of the molecule is O=C1C[C@@]2(COCCN(Cc3cccc(F)c3)C2)CN1c1ccc(F)cc1. The number of nitrogens with zero attached hydrogens (tertiary/aromatic N) is 2. The van der Waals surface area contributed by atoms with Crippen LogP contribution in [-0.2, 0) is 16.1 Å². The summed E-state index contributed by atoms with van der Waals surface area (Å²) in [6.07, 6.45) is 0.393. The molecule has 27 heavy (non-hydrogen) atoms. The van der Waals surface area contributed by atoms with Gasteiger partial charge >= 0.3 is 0 Å². The molecule has 0 N–H and O–H groups in total. The van der Waals surface area contributed by atoms with Crippen LogP contribution in [0.15, 0.2) is 48.5 Å². The first-order valence-corrected chi connectivity index (χ1v) is 9.14. The molecule has 2 aliphatic rings. The third-order valence-corrected chi connectivity index (χ3v) is 5.27. The highest BCUT2D eigenvalue weighted by Gasteiger charge is 2.46. The standard InChI is InChI=1S/C21H22F2N2O2/c22-17-4-6-19(7-5-17)25-14-21(11-20(25)26)13-24(8-9-27-15-21)12-16-2-1-3-18(23)10-16/h1-7,10H,8-9,11-15H2/t21-/m0/s1. The zero-order valence-electron chi connectivity index (χ0n) is 15.0. The van der Waals surface area contributed by atoms with Gasteiger partial charge in [0, 0.05) is 43.7 Å². The average molecular weight is 372 g/mol. The number of carbonyl (C=O) groups is 1. The van der Waals surface area contributed by atoms with E-state index in [0.717, 1.165) is 12.1 Å². The number of halogens is 2. The Bertz CT molecular complexity index is 827. The maximum atomic E-state index is 13.5. The second-order valence-electron chi connectivity index (χ2n) is 7.53. The molecule has 2 fully saturated rings. The summed E-state index contributed by atoms with van der Waals surface area (Å²) in [4.78, 5) is 16.6. The van der Waals surface area contributed by atoms with Gasteiger partial charge in [-0.05, 0) is 42.0 Å². The van der Waals surface area contributed by atoms with Crippen molar-refractivity contribution in [2.75, 3.05) is 37.7 Å². The molecule has 0 bridgehead atoms. The molecule has 6 heteroatoms. The van der Waals surface area contributed by atoms with E-state index in [2.05, 4.69) is 4.90 Å². The van der Waals surface area contributed by atoms with E-state index in [1.807, 2.05) is 6.07 Å². The summed E-state index contributed by atoms with van der Waals surface area (Å²) in [6.45, 7) is 3.69. The summed E-state index contributed by atoms with van der Waals surface area (Å²) in [5.74, 6) is -0.538. The highest BCUT2D eigenvalue weighted by Crippen LogP contribution is 2.37. The van der Waals surface area contributed by atoms with Crippen LogP contribution < -0.4 is 4.90 Å². The number of carbonyl (C=O) groups excluding carboxylic acids is 1. The Morgan fingerprint density at radius 3 is 2.63 bits per heavy atom. The van der Waals surface area contributed by atoms with Crippen LogP contribution in [0.4, 0.5) is 14.5 Å². The van der Waals surface area contributed by atoms with Crippen molar-refractivity contribution in [1.29, 1.82) is 0 Å². The minimum Gasteiger partial charge on any atom is -0.379 e. The summed E-state index contributed by atoms with van der Waals surface area (Å²) in [6, 6.07) is 12.6. The van der Waals surface area contributed by atoms with Gasteiger partial charge in [-0.15, -0.1) is 0 Å². The topological polar surface area (TPSA) is 32.8 Å². The summed E-state index contributed by atoms with van der Waals surface area (Å²) in [7, 11) is 0. The maximum Gasteiger partial charge on any atom is 0.227 e. The lowest BCUT2D eigenvalue weighted by Crippen LogP contribution is -2.40. The van der Waals surface area contributed by atoms with E-state index in [0.29, 0.717) is 45.0 Å².